The van der Waals surface area contributed by atoms with Gasteiger partial charge in [0.05, 0.1) is 11.4 Å². The number of hydrogen-bond donors (Lipinski definition) is 7. The first-order valence-electron chi connectivity index (χ1n) is 17.4. The summed E-state index contributed by atoms with van der Waals surface area (Å²) in [5, 5.41) is 36.0. The van der Waals surface area contributed by atoms with Gasteiger partial charge in [-0.05, 0) is 71.8 Å². The largest absolute Gasteiger partial charge is 0.506 e. The Morgan fingerprint density at radius 1 is 0.476 bits per heavy atom. The minimum absolute atomic E-state index is 0.0255. The van der Waals surface area contributed by atoms with Crippen molar-refractivity contribution in [2.45, 2.75) is 32.4 Å². The van der Waals surface area contributed by atoms with E-state index in [9.17, 15) is 66.9 Å². The zero-order valence-electron chi connectivity index (χ0n) is 31.3. The highest BCUT2D eigenvalue weighted by Crippen LogP contribution is 2.37. The molecule has 26 heteroatoms. The van der Waals surface area contributed by atoms with Crippen LogP contribution in [0.5, 0.6) is 11.5 Å². The van der Waals surface area contributed by atoms with Crippen molar-refractivity contribution >= 4 is 84.8 Å². The fourth-order valence-electron chi connectivity index (χ4n) is 6.38. The average molecular weight is 938 g/mol. The third-order valence-electron chi connectivity index (χ3n) is 9.02. The van der Waals surface area contributed by atoms with Crippen LogP contribution < -0.4 is 5.69 Å². The molecule has 6 aromatic carbocycles. The first-order chi connectivity index (χ1) is 29.4. The van der Waals surface area contributed by atoms with Crippen molar-refractivity contribution in [3.05, 3.63) is 130 Å². The Kier molecular flexibility index (Phi) is 11.5. The standard InChI is InChI=1S/C37H27N7O15S4/c45-29-11-19(7-9-27(29)43-41-21-15-25-23(33(17-21)62(54,55)56)3-1-5-31(25)60(48,49)50)13-35-38-36(40-37(47)39-35)14-20-8-10-28(30(46)12-20)44-42-22-16-26-24(34(18-22)63(57,58)59)4-2-6-32(26)61(51,52)53/h1-12,15-18,45-46H,13-14H2,(H,48,49,50)(H,51,52,53)(H,54,55,56)(H,57,58,59)(H,38,39,40,47). The second-order valence-corrected chi connectivity index (χ2v) is 19.0. The van der Waals surface area contributed by atoms with Crippen LogP contribution in [0.3, 0.4) is 0 Å². The first-order valence-corrected chi connectivity index (χ1v) is 23.2. The molecule has 7 aromatic rings. The van der Waals surface area contributed by atoms with E-state index >= 15 is 0 Å². The molecule has 0 atom stereocenters. The number of aromatic nitrogens is 3. The molecule has 0 saturated carbocycles. The Labute approximate surface area is 355 Å². The highest BCUT2D eigenvalue weighted by molar-refractivity contribution is 7.87. The molecule has 0 spiro atoms. The molecular formula is C37H27N7O15S4. The maximum absolute atomic E-state index is 12.5. The molecule has 7 N–H and O–H groups in total. The molecule has 22 nitrogen and oxygen atoms in total. The normalized spacial score (nSPS) is 12.8. The highest BCUT2D eigenvalue weighted by atomic mass is 32.2. The summed E-state index contributed by atoms with van der Waals surface area (Å²) in [6, 6.07) is 19.0. The molecule has 1 heterocycles. The van der Waals surface area contributed by atoms with Gasteiger partial charge in [0, 0.05) is 34.4 Å². The lowest BCUT2D eigenvalue weighted by Crippen LogP contribution is -2.18. The van der Waals surface area contributed by atoms with Crippen LogP contribution in [0.15, 0.2) is 142 Å². The quantitative estimate of drug-likeness (QED) is 0.0555. The van der Waals surface area contributed by atoms with Crippen molar-refractivity contribution in [3.63, 3.8) is 0 Å². The van der Waals surface area contributed by atoms with E-state index in [1.807, 2.05) is 0 Å². The monoisotopic (exact) mass is 937 g/mol. The Balaban J connectivity index is 1.09. The Bertz CT molecular complexity index is 3400. The molecule has 324 valence electrons. The summed E-state index contributed by atoms with van der Waals surface area (Å²) < 4.78 is 135. The molecule has 0 aliphatic rings. The van der Waals surface area contributed by atoms with Crippen LogP contribution in [0.4, 0.5) is 22.7 Å². The van der Waals surface area contributed by atoms with Crippen LogP contribution in [-0.2, 0) is 53.3 Å². The molecule has 0 unspecified atom stereocenters. The van der Waals surface area contributed by atoms with Crippen LogP contribution in [0, 0.1) is 0 Å². The second-order valence-electron chi connectivity index (χ2n) is 13.4. The summed E-state index contributed by atoms with van der Waals surface area (Å²) >= 11 is 0. The second kappa shape index (κ2) is 16.4. The van der Waals surface area contributed by atoms with Gasteiger partial charge in [-0.3, -0.25) is 23.2 Å². The van der Waals surface area contributed by atoms with Crippen molar-refractivity contribution in [3.8, 4) is 11.5 Å². The van der Waals surface area contributed by atoms with Gasteiger partial charge in [0.1, 0.15) is 54.1 Å². The smallest absolute Gasteiger partial charge is 0.348 e. The van der Waals surface area contributed by atoms with Gasteiger partial charge < -0.3 is 10.2 Å². The number of fused-ring (bicyclic) bond motifs is 2. The number of azo groups is 2. The summed E-state index contributed by atoms with van der Waals surface area (Å²) in [7, 11) is -19.5. The van der Waals surface area contributed by atoms with Crippen molar-refractivity contribution in [2.24, 2.45) is 20.5 Å². The van der Waals surface area contributed by atoms with E-state index in [0.29, 0.717) is 11.1 Å². The number of phenolic OH excluding ortho intramolecular Hbond substituents is 2. The maximum atomic E-state index is 12.5. The van der Waals surface area contributed by atoms with Gasteiger partial charge in [0.15, 0.2) is 0 Å². The van der Waals surface area contributed by atoms with Crippen molar-refractivity contribution in [1.29, 1.82) is 0 Å². The minimum atomic E-state index is -4.92. The molecule has 0 aliphatic heterocycles. The first kappa shape index (κ1) is 44.2. The fourth-order valence-corrected chi connectivity index (χ4v) is 9.22. The summed E-state index contributed by atoms with van der Waals surface area (Å²) in [5.74, 6) is -0.700. The zero-order chi connectivity index (χ0) is 45.6. The molecule has 0 amide bonds. The Hall–Kier alpha value is -6.91. The molecule has 0 aliphatic carbocycles. The molecule has 0 bridgehead atoms. The highest BCUT2D eigenvalue weighted by Gasteiger charge is 2.23. The topological polar surface area (TPSA) is 366 Å². The molecular weight excluding hydrogens is 911 g/mol. The summed E-state index contributed by atoms with van der Waals surface area (Å²) in [5.41, 5.74) is -0.725. The lowest BCUT2D eigenvalue weighted by Gasteiger charge is -2.09. The summed E-state index contributed by atoms with van der Waals surface area (Å²) in [6.07, 6.45) is -0.117. The molecule has 63 heavy (non-hydrogen) atoms. The minimum Gasteiger partial charge on any atom is -0.506 e. The zero-order valence-corrected chi connectivity index (χ0v) is 34.6. The summed E-state index contributed by atoms with van der Waals surface area (Å²) in [4.78, 5) is 20.5. The molecule has 0 saturated heterocycles. The molecule has 0 radical (unpaired) electrons. The van der Waals surface area contributed by atoms with E-state index in [-0.39, 0.29) is 68.8 Å². The number of nitrogens with one attached hydrogen (secondary N) is 1. The van der Waals surface area contributed by atoms with Gasteiger partial charge >= 0.3 is 5.69 Å². The van der Waals surface area contributed by atoms with Crippen LogP contribution in [-0.4, -0.2) is 77.0 Å². The van der Waals surface area contributed by atoms with E-state index in [1.165, 1.54) is 60.7 Å². The predicted molar refractivity (Wildman–Crippen MR) is 220 cm³/mol. The van der Waals surface area contributed by atoms with Gasteiger partial charge in [-0.25, -0.2) is 9.78 Å². The molecule has 7 rings (SSSR count). The lowest BCUT2D eigenvalue weighted by molar-refractivity contribution is 0.475. The number of H-pyrrole nitrogens is 1. The van der Waals surface area contributed by atoms with Crippen molar-refractivity contribution < 1.29 is 62.1 Å². The van der Waals surface area contributed by atoms with Gasteiger partial charge in [0.25, 0.3) is 40.5 Å². The third-order valence-corrected chi connectivity index (χ3v) is 12.6. The molecule has 1 aromatic heterocycles. The number of nitrogens with zero attached hydrogens (tertiary/aromatic N) is 6. The average Bonchev–Trinajstić information content (AvgIpc) is 3.17. The number of benzene rings is 6. The predicted octanol–water partition coefficient (Wildman–Crippen LogP) is 5.88. The van der Waals surface area contributed by atoms with Gasteiger partial charge in [0.2, 0.25) is 0 Å². The van der Waals surface area contributed by atoms with Crippen LogP contribution in [0.2, 0.25) is 0 Å². The molecule has 0 fully saturated rings. The summed E-state index contributed by atoms with van der Waals surface area (Å²) in [6.45, 7) is 0. The van der Waals surface area contributed by atoms with E-state index in [0.717, 1.165) is 36.4 Å². The van der Waals surface area contributed by atoms with Crippen LogP contribution >= 0.6 is 0 Å². The van der Waals surface area contributed by atoms with Gasteiger partial charge in [-0.2, -0.15) is 48.9 Å². The SMILES string of the molecule is O=c1nc(Cc2ccc(N=Nc3cc(S(=O)(=O)O)c4cccc(S(=O)(=O)O)c4c3)c(O)c2)nc(Cc2ccc(N=Nc3cc(S(=O)(=O)O)c4cccc(S(=O)(=O)O)c4c3)c(O)c2)[nH]1. The van der Waals surface area contributed by atoms with E-state index in [1.54, 1.807) is 0 Å². The van der Waals surface area contributed by atoms with Gasteiger partial charge in [-0.15, -0.1) is 10.2 Å². The Morgan fingerprint density at radius 3 is 1.32 bits per heavy atom. The van der Waals surface area contributed by atoms with Crippen molar-refractivity contribution in [1.82, 2.24) is 15.0 Å². The third kappa shape index (κ3) is 9.92. The maximum Gasteiger partial charge on any atom is 0.348 e. The van der Waals surface area contributed by atoms with Crippen LogP contribution in [0.1, 0.15) is 22.8 Å². The van der Waals surface area contributed by atoms with E-state index < -0.39 is 77.2 Å². The Morgan fingerprint density at radius 2 is 0.905 bits per heavy atom. The lowest BCUT2D eigenvalue weighted by atomic mass is 10.1. The number of rotatable bonds is 12. The number of phenols is 2. The number of aromatic amines is 1. The van der Waals surface area contributed by atoms with E-state index in [4.69, 9.17) is 0 Å². The number of aromatic hydroxyl groups is 2. The number of hydrogen-bond acceptors (Lipinski definition) is 17. The van der Waals surface area contributed by atoms with E-state index in [2.05, 4.69) is 35.4 Å². The fraction of sp³-hybridized carbons (Fsp3) is 0.0541. The van der Waals surface area contributed by atoms with Crippen molar-refractivity contribution in [2.75, 3.05) is 0 Å². The van der Waals surface area contributed by atoms with Crippen LogP contribution in [0.25, 0.3) is 21.5 Å². The van der Waals surface area contributed by atoms with Gasteiger partial charge in [-0.1, -0.05) is 36.4 Å².